The molecule has 0 spiro atoms. The van der Waals surface area contributed by atoms with E-state index in [-0.39, 0.29) is 7.43 Å². The second-order valence-corrected chi connectivity index (χ2v) is 24.5. The summed E-state index contributed by atoms with van der Waals surface area (Å²) >= 11 is 4.58. The lowest BCUT2D eigenvalue weighted by molar-refractivity contribution is -0.869. The van der Waals surface area contributed by atoms with Crippen LogP contribution in [0.5, 0.6) is 0 Å². The zero-order valence-electron chi connectivity index (χ0n) is 43.7. The molecule has 0 aliphatic rings. The number of hydrogen-bond acceptors (Lipinski definition) is 5. The van der Waals surface area contributed by atoms with E-state index in [0.717, 1.165) is 47.2 Å². The Morgan fingerprint density at radius 1 is 0.419 bits per heavy atom. The smallest absolute Gasteiger partial charge is 0.358 e. The van der Waals surface area contributed by atoms with Gasteiger partial charge in [-0.1, -0.05) is 220 Å². The molecule has 1 N–H and O–H groups in total. The van der Waals surface area contributed by atoms with Crippen molar-refractivity contribution in [2.75, 3.05) is 59.0 Å². The molecule has 0 saturated carbocycles. The van der Waals surface area contributed by atoms with Crippen LogP contribution in [0.4, 0.5) is 0 Å². The summed E-state index contributed by atoms with van der Waals surface area (Å²) in [7, 11) is 3.21. The summed E-state index contributed by atoms with van der Waals surface area (Å²) in [5, 5.41) is 4.96. The molecular formula is C54H115N2O3PS2. The maximum atomic E-state index is 13.7. The summed E-state index contributed by atoms with van der Waals surface area (Å²) < 4.78 is 26.6. The third-order valence-electron chi connectivity index (χ3n) is 12.4. The third kappa shape index (κ3) is 48.7. The van der Waals surface area contributed by atoms with Gasteiger partial charge in [-0.3, -0.25) is 9.05 Å². The van der Waals surface area contributed by atoms with Crippen molar-refractivity contribution in [1.82, 2.24) is 5.09 Å². The number of thioether (sulfide) groups is 2. The predicted molar refractivity (Wildman–Crippen MR) is 287 cm³/mol. The van der Waals surface area contributed by atoms with Gasteiger partial charge in [-0.2, -0.15) is 23.5 Å². The fourth-order valence-corrected chi connectivity index (χ4v) is 12.3. The van der Waals surface area contributed by atoms with Crippen molar-refractivity contribution in [3.8, 4) is 0 Å². The molecule has 0 bridgehead atoms. The van der Waals surface area contributed by atoms with E-state index in [9.17, 15) is 4.57 Å². The molecule has 0 aromatic rings. The van der Waals surface area contributed by atoms with Crippen LogP contribution in [0, 0.1) is 7.43 Å². The predicted octanol–water partition coefficient (Wildman–Crippen LogP) is 19.0. The first-order chi connectivity index (χ1) is 29.7. The van der Waals surface area contributed by atoms with Crippen molar-refractivity contribution in [3.05, 3.63) is 7.43 Å². The van der Waals surface area contributed by atoms with Gasteiger partial charge >= 0.3 is 7.75 Å². The molecule has 376 valence electrons. The van der Waals surface area contributed by atoms with Gasteiger partial charge in [-0.15, -0.1) is 0 Å². The summed E-state index contributed by atoms with van der Waals surface area (Å²) in [5.41, 5.74) is 0. The highest BCUT2D eigenvalue weighted by Gasteiger charge is 2.25. The number of unbranched alkanes of at least 4 members (excludes halogenated alkanes) is 28. The first kappa shape index (κ1) is 64.9. The van der Waals surface area contributed by atoms with E-state index in [2.05, 4.69) is 77.4 Å². The lowest BCUT2D eigenvalue weighted by Crippen LogP contribution is -2.40. The average Bonchev–Trinajstić information content (AvgIpc) is 3.23. The van der Waals surface area contributed by atoms with E-state index in [1.807, 2.05) is 0 Å². The van der Waals surface area contributed by atoms with Gasteiger partial charge in [0.1, 0.15) is 0 Å². The first-order valence-electron chi connectivity index (χ1n) is 27.4. The summed E-state index contributed by atoms with van der Waals surface area (Å²) in [6.07, 6.45) is 51.3. The zero-order valence-corrected chi connectivity index (χ0v) is 46.2. The fraction of sp³-hybridized carbons (Fsp3) is 0.981. The lowest BCUT2D eigenvalue weighted by atomic mass is 10.0. The van der Waals surface area contributed by atoms with Crippen LogP contribution in [0.25, 0.3) is 0 Å². The number of quaternary nitrogens is 1. The normalized spacial score (nSPS) is 13.9. The van der Waals surface area contributed by atoms with Crippen LogP contribution in [-0.2, 0) is 13.6 Å². The Morgan fingerprint density at radius 2 is 0.694 bits per heavy atom. The van der Waals surface area contributed by atoms with E-state index < -0.39 is 7.75 Å². The Balaban J connectivity index is 0. The number of likely N-dealkylation sites (N-methyl/N-ethyl adjacent to an activating group) is 1. The van der Waals surface area contributed by atoms with Crippen LogP contribution in [0.3, 0.4) is 0 Å². The molecule has 0 heterocycles. The first-order valence-corrected chi connectivity index (χ1v) is 31.0. The van der Waals surface area contributed by atoms with Gasteiger partial charge in [0, 0.05) is 10.5 Å². The summed E-state index contributed by atoms with van der Waals surface area (Å²) in [4.78, 5) is 0. The topological polar surface area (TPSA) is 47.6 Å². The number of rotatable bonds is 52. The van der Waals surface area contributed by atoms with Crippen molar-refractivity contribution in [2.24, 2.45) is 0 Å². The molecule has 5 nitrogen and oxygen atoms in total. The molecule has 0 aromatic heterocycles. The van der Waals surface area contributed by atoms with Crippen LogP contribution >= 0.6 is 31.3 Å². The van der Waals surface area contributed by atoms with E-state index in [1.54, 1.807) is 0 Å². The minimum atomic E-state index is -3.29. The molecule has 2 atom stereocenters. The molecule has 0 amide bonds. The highest BCUT2D eigenvalue weighted by Crippen LogP contribution is 2.44. The zero-order chi connectivity index (χ0) is 44.8. The van der Waals surface area contributed by atoms with Crippen LogP contribution in [0.2, 0.25) is 0 Å². The van der Waals surface area contributed by atoms with Gasteiger partial charge in [0.2, 0.25) is 0 Å². The third-order valence-corrected chi connectivity index (χ3v) is 17.0. The molecular weight excluding hydrogens is 820 g/mol. The standard InChI is InChI=1S/C53H112N2O3PS2.CH3/c1-8-12-16-20-28-34-42-52(60-50-40-18-14-10-3)44-36-30-24-22-26-32-38-48-57-59(56,54-46-47-55(5,6)7)58-49-39-33-27-23-25-31-37-45-53(61-51-41-19-15-11-4)43-35-29-21-17-13-9-2;/h52-53H,8-51H2,1-7H3,(H,54,56);1H3/q+1;-1. The monoisotopic (exact) mass is 935 g/mol. The van der Waals surface area contributed by atoms with Crippen molar-refractivity contribution in [3.63, 3.8) is 0 Å². The SMILES string of the molecule is CCCCCCCCC(CCCCCCCCCOP(=O)(NCC[N+](C)(C)C)OCCCCCCCCCC(CCCCCCCC)SCCCCCC)SCCCCCC.[CH3-]. The van der Waals surface area contributed by atoms with E-state index >= 15 is 0 Å². The van der Waals surface area contributed by atoms with E-state index in [0.29, 0.717) is 19.8 Å². The molecule has 0 fully saturated rings. The lowest BCUT2D eigenvalue weighted by Gasteiger charge is -2.25. The van der Waals surface area contributed by atoms with Gasteiger partial charge < -0.3 is 11.9 Å². The molecule has 0 aliphatic heterocycles. The molecule has 0 rings (SSSR count). The number of nitrogens with zero attached hydrogens (tertiary/aromatic N) is 1. The minimum absolute atomic E-state index is 0. The van der Waals surface area contributed by atoms with Gasteiger partial charge in [-0.25, -0.2) is 9.65 Å². The van der Waals surface area contributed by atoms with Crippen molar-refractivity contribution < 1.29 is 18.1 Å². The van der Waals surface area contributed by atoms with Crippen LogP contribution in [-0.4, -0.2) is 73.9 Å². The molecule has 0 radical (unpaired) electrons. The number of nitrogens with one attached hydrogen (secondary N) is 1. The molecule has 0 aliphatic carbocycles. The highest BCUT2D eigenvalue weighted by atomic mass is 32.2. The van der Waals surface area contributed by atoms with Crippen molar-refractivity contribution >= 4 is 31.3 Å². The van der Waals surface area contributed by atoms with Crippen molar-refractivity contribution in [1.29, 1.82) is 0 Å². The average molecular weight is 936 g/mol. The molecule has 8 heteroatoms. The van der Waals surface area contributed by atoms with Gasteiger partial charge in [0.05, 0.1) is 47.4 Å². The van der Waals surface area contributed by atoms with Gasteiger partial charge in [-0.05, 0) is 62.9 Å². The van der Waals surface area contributed by atoms with Crippen LogP contribution < -0.4 is 5.09 Å². The maximum absolute atomic E-state index is 13.7. The minimum Gasteiger partial charge on any atom is -0.358 e. The van der Waals surface area contributed by atoms with E-state index in [4.69, 9.17) is 9.05 Å². The quantitative estimate of drug-likeness (QED) is 0.0284. The molecule has 0 aromatic carbocycles. The highest BCUT2D eigenvalue weighted by molar-refractivity contribution is 8.00. The Kier molecular flexibility index (Phi) is 52.0. The largest absolute Gasteiger partial charge is 0.405 e. The van der Waals surface area contributed by atoms with Crippen LogP contribution in [0.1, 0.15) is 272 Å². The summed E-state index contributed by atoms with van der Waals surface area (Å²) in [6.45, 7) is 11.8. The fourth-order valence-electron chi connectivity index (χ4n) is 8.22. The summed E-state index contributed by atoms with van der Waals surface area (Å²) in [5.74, 6) is 2.73. The molecule has 2 unspecified atom stereocenters. The Morgan fingerprint density at radius 3 is 1.00 bits per heavy atom. The van der Waals surface area contributed by atoms with Gasteiger partial charge in [0.15, 0.2) is 0 Å². The Hall–Kier alpha value is 0.770. The van der Waals surface area contributed by atoms with Gasteiger partial charge in [0.25, 0.3) is 0 Å². The van der Waals surface area contributed by atoms with E-state index in [1.165, 1.54) is 230 Å². The second kappa shape index (κ2) is 49.7. The number of hydrogen-bond donors (Lipinski definition) is 1. The molecule has 0 saturated heterocycles. The van der Waals surface area contributed by atoms with Crippen molar-refractivity contribution in [2.45, 2.75) is 282 Å². The Labute approximate surface area is 401 Å². The maximum Gasteiger partial charge on any atom is 0.405 e. The summed E-state index contributed by atoms with van der Waals surface area (Å²) in [6, 6.07) is 0. The van der Waals surface area contributed by atoms with Crippen LogP contribution in [0.15, 0.2) is 0 Å². The Bertz CT molecular complexity index is 849. The molecule has 62 heavy (non-hydrogen) atoms. The second-order valence-electron chi connectivity index (χ2n) is 19.8.